The Bertz CT molecular complexity index is 877. The molecular weight excluding hydrogens is 326 g/mol. The molecule has 2 atom stereocenters. The van der Waals surface area contributed by atoms with Crippen molar-refractivity contribution < 1.29 is 4.74 Å². The van der Waals surface area contributed by atoms with Crippen LogP contribution in [0.2, 0.25) is 0 Å². The Kier molecular flexibility index (Phi) is 4.68. The van der Waals surface area contributed by atoms with E-state index in [1.54, 1.807) is 18.9 Å². The van der Waals surface area contributed by atoms with Crippen LogP contribution in [0, 0.1) is 0 Å². The topological polar surface area (TPSA) is 21.6 Å². The number of para-hydroxylation sites is 1. The highest BCUT2D eigenvalue weighted by Crippen LogP contribution is 2.44. The predicted molar refractivity (Wildman–Crippen MR) is 106 cm³/mol. The van der Waals surface area contributed by atoms with Gasteiger partial charge in [-0.1, -0.05) is 84.6 Å². The monoisotopic (exact) mass is 345 g/mol. The maximum Gasteiger partial charge on any atom is 0.119 e. The van der Waals surface area contributed by atoms with Gasteiger partial charge in [0.25, 0.3) is 0 Å². The SMILES string of the molecule is CO[C@@H]1SC(=Nc2ccccc2)c2ccccc2[C@H]1c1ccccc1. The molecule has 4 rings (SSSR count). The van der Waals surface area contributed by atoms with E-state index in [4.69, 9.17) is 9.73 Å². The molecule has 0 saturated carbocycles. The molecule has 0 radical (unpaired) electrons. The minimum absolute atomic E-state index is 0.000220. The molecule has 3 aromatic rings. The lowest BCUT2D eigenvalue weighted by Crippen LogP contribution is -2.27. The standard InChI is InChI=1S/C22H19NOS/c1-24-22-20(16-10-4-2-5-11-16)18-14-8-9-15-19(18)21(25-22)23-17-12-6-3-7-13-17/h2-15,20,22H,1H3/t20-,22-/m1/s1. The molecule has 124 valence electrons. The zero-order valence-corrected chi connectivity index (χ0v) is 14.8. The fourth-order valence-electron chi connectivity index (χ4n) is 3.24. The first-order valence-corrected chi connectivity index (χ1v) is 9.22. The quantitative estimate of drug-likeness (QED) is 0.615. The van der Waals surface area contributed by atoms with Crippen LogP contribution in [0.3, 0.4) is 0 Å². The van der Waals surface area contributed by atoms with Crippen molar-refractivity contribution in [1.82, 2.24) is 0 Å². The van der Waals surface area contributed by atoms with Crippen LogP contribution in [0.15, 0.2) is 89.9 Å². The van der Waals surface area contributed by atoms with Gasteiger partial charge in [-0.3, -0.25) is 0 Å². The zero-order valence-electron chi connectivity index (χ0n) is 14.0. The highest BCUT2D eigenvalue weighted by atomic mass is 32.2. The molecule has 0 unspecified atom stereocenters. The molecule has 1 aliphatic heterocycles. The normalized spacial score (nSPS) is 21.1. The Morgan fingerprint density at radius 1 is 0.800 bits per heavy atom. The number of aliphatic imine (C=N–C) groups is 1. The average Bonchev–Trinajstić information content (AvgIpc) is 2.69. The number of hydrogen-bond donors (Lipinski definition) is 0. The molecule has 1 aliphatic rings. The van der Waals surface area contributed by atoms with E-state index in [0.29, 0.717) is 0 Å². The molecule has 0 spiro atoms. The van der Waals surface area contributed by atoms with Crippen molar-refractivity contribution >= 4 is 22.5 Å². The number of fused-ring (bicyclic) bond motifs is 1. The van der Waals surface area contributed by atoms with Crippen molar-refractivity contribution in [3.63, 3.8) is 0 Å². The molecule has 0 fully saturated rings. The number of thioether (sulfide) groups is 1. The van der Waals surface area contributed by atoms with Gasteiger partial charge >= 0.3 is 0 Å². The fourth-order valence-corrected chi connectivity index (χ4v) is 4.47. The first-order chi connectivity index (χ1) is 12.4. The zero-order chi connectivity index (χ0) is 17.1. The summed E-state index contributed by atoms with van der Waals surface area (Å²) in [6.45, 7) is 0. The number of ether oxygens (including phenoxy) is 1. The van der Waals surface area contributed by atoms with Crippen molar-refractivity contribution in [2.24, 2.45) is 4.99 Å². The minimum Gasteiger partial charge on any atom is -0.369 e. The summed E-state index contributed by atoms with van der Waals surface area (Å²) in [6, 6.07) is 29.2. The average molecular weight is 345 g/mol. The molecule has 3 aromatic carbocycles. The summed E-state index contributed by atoms with van der Waals surface area (Å²) < 4.78 is 5.87. The van der Waals surface area contributed by atoms with Gasteiger partial charge < -0.3 is 4.74 Å². The van der Waals surface area contributed by atoms with E-state index in [0.717, 1.165) is 10.7 Å². The summed E-state index contributed by atoms with van der Waals surface area (Å²) in [4.78, 5) is 4.89. The molecule has 0 N–H and O–H groups in total. The highest BCUT2D eigenvalue weighted by Gasteiger charge is 2.34. The second kappa shape index (κ2) is 7.26. The van der Waals surface area contributed by atoms with E-state index < -0.39 is 0 Å². The van der Waals surface area contributed by atoms with Crippen LogP contribution in [0.1, 0.15) is 22.6 Å². The Morgan fingerprint density at radius 3 is 2.16 bits per heavy atom. The van der Waals surface area contributed by atoms with Crippen molar-refractivity contribution in [2.75, 3.05) is 7.11 Å². The third kappa shape index (κ3) is 3.26. The van der Waals surface area contributed by atoms with Crippen LogP contribution in [-0.4, -0.2) is 17.6 Å². The number of nitrogens with zero attached hydrogens (tertiary/aromatic N) is 1. The van der Waals surface area contributed by atoms with Gasteiger partial charge in [-0.25, -0.2) is 4.99 Å². The maximum absolute atomic E-state index is 5.87. The minimum atomic E-state index is -0.000220. The van der Waals surface area contributed by atoms with Crippen LogP contribution in [-0.2, 0) is 4.74 Å². The molecule has 0 bridgehead atoms. The largest absolute Gasteiger partial charge is 0.369 e. The molecule has 2 nitrogen and oxygen atoms in total. The van der Waals surface area contributed by atoms with Gasteiger partial charge in [-0.15, -0.1) is 0 Å². The molecule has 0 aromatic heterocycles. The lowest BCUT2D eigenvalue weighted by atomic mass is 9.88. The Hall–Kier alpha value is -2.36. The summed E-state index contributed by atoms with van der Waals surface area (Å²) >= 11 is 1.70. The van der Waals surface area contributed by atoms with E-state index in [9.17, 15) is 0 Å². The lowest BCUT2D eigenvalue weighted by molar-refractivity contribution is 0.160. The van der Waals surface area contributed by atoms with Crippen molar-refractivity contribution in [3.8, 4) is 0 Å². The summed E-state index contributed by atoms with van der Waals surface area (Å²) in [5, 5.41) is 1.01. The van der Waals surface area contributed by atoms with Gasteiger partial charge in [0.05, 0.1) is 5.69 Å². The van der Waals surface area contributed by atoms with Gasteiger partial charge in [0.1, 0.15) is 10.5 Å². The van der Waals surface area contributed by atoms with Crippen LogP contribution in [0.25, 0.3) is 0 Å². The number of rotatable bonds is 3. The Balaban J connectivity index is 1.84. The van der Waals surface area contributed by atoms with E-state index in [-0.39, 0.29) is 11.4 Å². The molecule has 3 heteroatoms. The second-order valence-corrected chi connectivity index (χ2v) is 7.04. The molecule has 0 amide bonds. The van der Waals surface area contributed by atoms with Gasteiger partial charge in [0, 0.05) is 18.6 Å². The summed E-state index contributed by atoms with van der Waals surface area (Å²) in [5.74, 6) is 0.196. The molecular formula is C22H19NOS. The Labute approximate surface area is 152 Å². The van der Waals surface area contributed by atoms with Crippen LogP contribution >= 0.6 is 11.8 Å². The number of benzene rings is 3. The molecule has 0 saturated heterocycles. The van der Waals surface area contributed by atoms with E-state index in [1.165, 1.54) is 16.7 Å². The van der Waals surface area contributed by atoms with Gasteiger partial charge in [-0.2, -0.15) is 0 Å². The number of methoxy groups -OCH3 is 1. The predicted octanol–water partition coefficient (Wildman–Crippen LogP) is 5.62. The fraction of sp³-hybridized carbons (Fsp3) is 0.136. The van der Waals surface area contributed by atoms with Crippen molar-refractivity contribution in [2.45, 2.75) is 11.4 Å². The van der Waals surface area contributed by atoms with E-state index in [1.807, 2.05) is 30.3 Å². The van der Waals surface area contributed by atoms with E-state index >= 15 is 0 Å². The van der Waals surface area contributed by atoms with E-state index in [2.05, 4.69) is 54.6 Å². The third-order valence-corrected chi connectivity index (χ3v) is 5.64. The van der Waals surface area contributed by atoms with Crippen molar-refractivity contribution in [1.29, 1.82) is 0 Å². The molecule has 1 heterocycles. The smallest absolute Gasteiger partial charge is 0.119 e. The lowest BCUT2D eigenvalue weighted by Gasteiger charge is -2.33. The molecule has 25 heavy (non-hydrogen) atoms. The first kappa shape index (κ1) is 16.1. The number of hydrogen-bond acceptors (Lipinski definition) is 3. The van der Waals surface area contributed by atoms with Gasteiger partial charge in [0.15, 0.2) is 0 Å². The molecule has 0 aliphatic carbocycles. The Morgan fingerprint density at radius 2 is 1.44 bits per heavy atom. The van der Waals surface area contributed by atoms with Crippen LogP contribution < -0.4 is 0 Å². The van der Waals surface area contributed by atoms with Crippen LogP contribution in [0.5, 0.6) is 0 Å². The second-order valence-electron chi connectivity index (χ2n) is 5.95. The first-order valence-electron chi connectivity index (χ1n) is 8.34. The van der Waals surface area contributed by atoms with Crippen LogP contribution in [0.4, 0.5) is 5.69 Å². The highest BCUT2D eigenvalue weighted by molar-refractivity contribution is 8.15. The maximum atomic E-state index is 5.87. The summed E-state index contributed by atoms with van der Waals surface area (Å²) in [5.41, 5.74) is 4.70. The van der Waals surface area contributed by atoms with Crippen molar-refractivity contribution in [3.05, 3.63) is 102 Å². The van der Waals surface area contributed by atoms with Gasteiger partial charge in [-0.05, 0) is 23.3 Å². The summed E-state index contributed by atoms with van der Waals surface area (Å²) in [7, 11) is 1.78. The van der Waals surface area contributed by atoms with Gasteiger partial charge in [0.2, 0.25) is 0 Å². The summed E-state index contributed by atoms with van der Waals surface area (Å²) in [6.07, 6.45) is 0. The third-order valence-electron chi connectivity index (χ3n) is 4.40.